The second-order valence-corrected chi connectivity index (χ2v) is 10.6. The fourth-order valence-corrected chi connectivity index (χ4v) is 5.06. The third kappa shape index (κ3) is 6.50. The maximum Gasteiger partial charge on any atom is 0.252 e. The van der Waals surface area contributed by atoms with Gasteiger partial charge in [0.05, 0.1) is 6.61 Å². The van der Waals surface area contributed by atoms with Gasteiger partial charge in [-0.25, -0.2) is 4.99 Å². The topological polar surface area (TPSA) is 80.2 Å². The van der Waals surface area contributed by atoms with Crippen molar-refractivity contribution in [1.29, 1.82) is 0 Å². The Kier molecular flexibility index (Phi) is 8.80. The summed E-state index contributed by atoms with van der Waals surface area (Å²) in [7, 11) is 0. The standard InChI is InChI=1S/C35H36N2O4/c1-25(2)36-34(39)35(24-26-10-5-3-6-11-26)32(29-16-14-28(15-17-29)27-12-7-4-8-13-27)41-33(37-35)30-18-20-31(21-19-30)40-23-9-22-38/h3-8,10-21,25,32,38H,9,22-24H2,1-2H3,(H,36,39)/t32-,35-/m1/s1. The quantitative estimate of drug-likeness (QED) is 0.221. The van der Waals surface area contributed by atoms with Crippen molar-refractivity contribution < 1.29 is 19.4 Å². The van der Waals surface area contributed by atoms with Crippen LogP contribution in [0.3, 0.4) is 0 Å². The Hall–Kier alpha value is -4.42. The Labute approximate surface area is 241 Å². The number of amides is 1. The average Bonchev–Trinajstić information content (AvgIpc) is 3.39. The summed E-state index contributed by atoms with van der Waals surface area (Å²) in [6.45, 7) is 4.42. The van der Waals surface area contributed by atoms with Gasteiger partial charge in [0, 0.05) is 31.1 Å². The van der Waals surface area contributed by atoms with Gasteiger partial charge in [0.2, 0.25) is 5.90 Å². The molecule has 0 spiro atoms. The van der Waals surface area contributed by atoms with Gasteiger partial charge in [-0.3, -0.25) is 4.79 Å². The van der Waals surface area contributed by atoms with Crippen molar-refractivity contribution in [2.45, 2.75) is 44.4 Å². The fraction of sp³-hybridized carbons (Fsp3) is 0.257. The molecule has 4 aromatic carbocycles. The highest BCUT2D eigenvalue weighted by Gasteiger charge is 2.53. The Bertz CT molecular complexity index is 1450. The molecule has 6 heteroatoms. The summed E-state index contributed by atoms with van der Waals surface area (Å²) < 4.78 is 12.3. The van der Waals surface area contributed by atoms with Crippen LogP contribution in [-0.2, 0) is 16.0 Å². The minimum Gasteiger partial charge on any atom is -0.494 e. The molecule has 41 heavy (non-hydrogen) atoms. The highest BCUT2D eigenvalue weighted by molar-refractivity contribution is 6.01. The molecule has 210 valence electrons. The minimum atomic E-state index is -1.22. The van der Waals surface area contributed by atoms with E-state index in [9.17, 15) is 4.79 Å². The molecule has 0 saturated carbocycles. The van der Waals surface area contributed by atoms with Crippen molar-refractivity contribution in [3.05, 3.63) is 126 Å². The number of aliphatic hydroxyl groups is 1. The zero-order chi connectivity index (χ0) is 28.7. The lowest BCUT2D eigenvalue weighted by atomic mass is 9.81. The first kappa shape index (κ1) is 28.1. The monoisotopic (exact) mass is 548 g/mol. The molecule has 0 fully saturated rings. The molecule has 1 heterocycles. The van der Waals surface area contributed by atoms with E-state index in [2.05, 4.69) is 29.6 Å². The molecule has 0 saturated heterocycles. The highest BCUT2D eigenvalue weighted by Crippen LogP contribution is 2.43. The predicted octanol–water partition coefficient (Wildman–Crippen LogP) is 6.14. The molecule has 5 rings (SSSR count). The van der Waals surface area contributed by atoms with Gasteiger partial charge < -0.3 is 19.9 Å². The van der Waals surface area contributed by atoms with Crippen LogP contribution in [-0.4, -0.2) is 41.7 Å². The van der Waals surface area contributed by atoms with Crippen molar-refractivity contribution in [1.82, 2.24) is 5.32 Å². The summed E-state index contributed by atoms with van der Waals surface area (Å²) in [6.07, 6.45) is 0.306. The smallest absolute Gasteiger partial charge is 0.252 e. The van der Waals surface area contributed by atoms with E-state index in [1.54, 1.807) is 0 Å². The first-order valence-electron chi connectivity index (χ1n) is 14.1. The molecule has 0 unspecified atom stereocenters. The second kappa shape index (κ2) is 12.8. The van der Waals surface area contributed by atoms with Crippen molar-refractivity contribution in [2.75, 3.05) is 13.2 Å². The number of carbonyl (C=O) groups excluding carboxylic acids is 1. The van der Waals surface area contributed by atoms with Gasteiger partial charge >= 0.3 is 0 Å². The number of benzene rings is 4. The molecule has 0 radical (unpaired) electrons. The Morgan fingerprint density at radius 3 is 2.12 bits per heavy atom. The van der Waals surface area contributed by atoms with Gasteiger partial charge in [0.1, 0.15) is 5.75 Å². The van der Waals surface area contributed by atoms with E-state index in [0.29, 0.717) is 31.1 Å². The first-order valence-corrected chi connectivity index (χ1v) is 14.1. The third-order valence-electron chi connectivity index (χ3n) is 7.09. The summed E-state index contributed by atoms with van der Waals surface area (Å²) in [5, 5.41) is 12.2. The molecule has 2 atom stereocenters. The lowest BCUT2D eigenvalue weighted by Crippen LogP contribution is -2.51. The van der Waals surface area contributed by atoms with E-state index < -0.39 is 11.6 Å². The predicted molar refractivity (Wildman–Crippen MR) is 162 cm³/mol. The molecule has 1 aliphatic rings. The Morgan fingerprint density at radius 1 is 0.878 bits per heavy atom. The van der Waals surface area contributed by atoms with Crippen LogP contribution in [0.4, 0.5) is 0 Å². The van der Waals surface area contributed by atoms with Crippen molar-refractivity contribution in [2.24, 2.45) is 4.99 Å². The number of aliphatic imine (C=N–C) groups is 1. The van der Waals surface area contributed by atoms with E-state index in [4.69, 9.17) is 19.6 Å². The van der Waals surface area contributed by atoms with Gasteiger partial charge in [0.25, 0.3) is 5.91 Å². The summed E-state index contributed by atoms with van der Waals surface area (Å²) in [6, 6.07) is 35.8. The SMILES string of the molecule is CC(C)NC(=O)[C@]1(Cc2ccccc2)N=C(c2ccc(OCCCO)cc2)O[C@@H]1c1ccc(-c2ccccc2)cc1. The molecule has 0 aromatic heterocycles. The lowest BCUT2D eigenvalue weighted by Gasteiger charge is -2.31. The van der Waals surface area contributed by atoms with Crippen LogP contribution in [0, 0.1) is 0 Å². The molecule has 2 N–H and O–H groups in total. The summed E-state index contributed by atoms with van der Waals surface area (Å²) in [5.41, 5.74) is 3.63. The van der Waals surface area contributed by atoms with Crippen LogP contribution < -0.4 is 10.1 Å². The number of nitrogens with zero attached hydrogens (tertiary/aromatic N) is 1. The number of aliphatic hydroxyl groups excluding tert-OH is 1. The minimum absolute atomic E-state index is 0.0640. The van der Waals surface area contributed by atoms with Gasteiger partial charge in [-0.15, -0.1) is 0 Å². The molecule has 6 nitrogen and oxygen atoms in total. The summed E-state index contributed by atoms with van der Waals surface area (Å²) in [4.78, 5) is 19.2. The summed E-state index contributed by atoms with van der Waals surface area (Å²) >= 11 is 0. The second-order valence-electron chi connectivity index (χ2n) is 10.6. The van der Waals surface area contributed by atoms with Gasteiger partial charge in [-0.05, 0) is 60.4 Å². The van der Waals surface area contributed by atoms with Gasteiger partial charge in [0.15, 0.2) is 11.6 Å². The molecule has 0 aliphatic carbocycles. The lowest BCUT2D eigenvalue weighted by molar-refractivity contribution is -0.129. The largest absolute Gasteiger partial charge is 0.494 e. The van der Waals surface area contributed by atoms with Crippen molar-refractivity contribution in [3.63, 3.8) is 0 Å². The molecule has 1 aliphatic heterocycles. The van der Waals surface area contributed by atoms with Crippen LogP contribution in [0.15, 0.2) is 114 Å². The highest BCUT2D eigenvalue weighted by atomic mass is 16.5. The van der Waals surface area contributed by atoms with Crippen molar-refractivity contribution >= 4 is 11.8 Å². The fourth-order valence-electron chi connectivity index (χ4n) is 5.06. The third-order valence-corrected chi connectivity index (χ3v) is 7.09. The number of hydrogen-bond acceptors (Lipinski definition) is 5. The van der Waals surface area contributed by atoms with E-state index in [1.807, 2.05) is 98.8 Å². The number of carbonyl (C=O) groups is 1. The maximum atomic E-state index is 14.1. The summed E-state index contributed by atoms with van der Waals surface area (Å²) in [5.74, 6) is 0.938. The Morgan fingerprint density at radius 2 is 1.49 bits per heavy atom. The van der Waals surface area contributed by atoms with Crippen LogP contribution >= 0.6 is 0 Å². The van der Waals surface area contributed by atoms with E-state index in [0.717, 1.165) is 27.8 Å². The zero-order valence-electron chi connectivity index (χ0n) is 23.5. The van der Waals surface area contributed by atoms with Crippen molar-refractivity contribution in [3.8, 4) is 16.9 Å². The number of ether oxygens (including phenoxy) is 2. The van der Waals surface area contributed by atoms with E-state index in [1.165, 1.54) is 0 Å². The maximum absolute atomic E-state index is 14.1. The molecule has 1 amide bonds. The van der Waals surface area contributed by atoms with Crippen LogP contribution in [0.5, 0.6) is 5.75 Å². The zero-order valence-corrected chi connectivity index (χ0v) is 23.5. The Balaban J connectivity index is 1.55. The van der Waals surface area contributed by atoms with E-state index in [-0.39, 0.29) is 18.6 Å². The van der Waals surface area contributed by atoms with Gasteiger partial charge in [-0.1, -0.05) is 84.9 Å². The molecule has 4 aromatic rings. The van der Waals surface area contributed by atoms with Crippen LogP contribution in [0.2, 0.25) is 0 Å². The number of rotatable bonds is 11. The number of hydrogen-bond donors (Lipinski definition) is 2. The molecular formula is C35H36N2O4. The average molecular weight is 549 g/mol. The van der Waals surface area contributed by atoms with Crippen LogP contribution in [0.1, 0.15) is 43.1 Å². The number of nitrogens with one attached hydrogen (secondary N) is 1. The van der Waals surface area contributed by atoms with Crippen LogP contribution in [0.25, 0.3) is 11.1 Å². The molecule has 0 bridgehead atoms. The van der Waals surface area contributed by atoms with E-state index >= 15 is 0 Å². The van der Waals surface area contributed by atoms with Gasteiger partial charge in [-0.2, -0.15) is 0 Å². The first-order chi connectivity index (χ1) is 20.0. The molecular weight excluding hydrogens is 512 g/mol. The normalized spacial score (nSPS) is 18.0.